The predicted octanol–water partition coefficient (Wildman–Crippen LogP) is 1.92. The van der Waals surface area contributed by atoms with Crippen LogP contribution in [0.5, 0.6) is 0 Å². The van der Waals surface area contributed by atoms with Gasteiger partial charge in [0, 0.05) is 19.3 Å². The van der Waals surface area contributed by atoms with Crippen molar-refractivity contribution in [3.8, 4) is 0 Å². The maximum absolute atomic E-state index is 11.5. The summed E-state index contributed by atoms with van der Waals surface area (Å²) >= 11 is 1.63. The smallest absolute Gasteiger partial charge is 0.186 e. The van der Waals surface area contributed by atoms with Gasteiger partial charge >= 0.3 is 0 Å². The van der Waals surface area contributed by atoms with Crippen molar-refractivity contribution in [3.63, 3.8) is 0 Å². The van der Waals surface area contributed by atoms with E-state index in [2.05, 4.69) is 9.88 Å². The number of para-hydroxylation sites is 1. The van der Waals surface area contributed by atoms with E-state index in [4.69, 9.17) is 0 Å². The molecule has 1 unspecified atom stereocenters. The molecular formula is C12H14N2O2S2. The van der Waals surface area contributed by atoms with E-state index in [0.717, 1.165) is 21.9 Å². The van der Waals surface area contributed by atoms with E-state index >= 15 is 0 Å². The minimum absolute atomic E-state index is 0.246. The molecule has 1 aliphatic heterocycles. The summed E-state index contributed by atoms with van der Waals surface area (Å²) in [6.45, 7) is 1.34. The molecule has 6 heteroatoms. The summed E-state index contributed by atoms with van der Waals surface area (Å²) in [5.41, 5.74) is 0.986. The van der Waals surface area contributed by atoms with Crippen LogP contribution in [0.25, 0.3) is 10.2 Å². The Kier molecular flexibility index (Phi) is 2.79. The highest BCUT2D eigenvalue weighted by Gasteiger charge is 2.31. The molecular weight excluding hydrogens is 268 g/mol. The fourth-order valence-corrected chi connectivity index (χ4v) is 4.23. The highest BCUT2D eigenvalue weighted by Crippen LogP contribution is 2.31. The van der Waals surface area contributed by atoms with E-state index in [1.807, 2.05) is 24.3 Å². The minimum atomic E-state index is -2.94. The molecule has 1 fully saturated rings. The fourth-order valence-electron chi connectivity index (χ4n) is 2.25. The summed E-state index contributed by atoms with van der Waals surface area (Å²) in [4.78, 5) is 6.64. The van der Waals surface area contributed by atoms with Crippen LogP contribution in [0.2, 0.25) is 0 Å². The Bertz CT molecular complexity index is 645. The van der Waals surface area contributed by atoms with Gasteiger partial charge in [-0.05, 0) is 18.6 Å². The Morgan fingerprint density at radius 2 is 2.17 bits per heavy atom. The average Bonchev–Trinajstić information content (AvgIpc) is 2.94. The number of rotatable bonds is 2. The number of hydrogen-bond donors (Lipinski definition) is 0. The fraction of sp³-hybridized carbons (Fsp3) is 0.417. The number of benzene rings is 1. The predicted molar refractivity (Wildman–Crippen MR) is 75.1 cm³/mol. The van der Waals surface area contributed by atoms with Gasteiger partial charge in [-0.2, -0.15) is 0 Å². The standard InChI is InChI=1S/C12H14N2O2S2/c1-18(15,16)9-6-7-14(8-9)12-13-10-4-2-3-5-11(10)17-12/h2-5,9H,6-8H2,1H3. The molecule has 3 rings (SSSR count). The quantitative estimate of drug-likeness (QED) is 0.844. The molecule has 1 saturated heterocycles. The van der Waals surface area contributed by atoms with Gasteiger partial charge in [-0.25, -0.2) is 13.4 Å². The topological polar surface area (TPSA) is 50.3 Å². The molecule has 4 nitrogen and oxygen atoms in total. The molecule has 0 spiro atoms. The zero-order chi connectivity index (χ0) is 12.8. The third kappa shape index (κ3) is 2.10. The Morgan fingerprint density at radius 3 is 2.83 bits per heavy atom. The summed E-state index contributed by atoms with van der Waals surface area (Å²) in [6.07, 6.45) is 2.02. The number of thiazole rings is 1. The van der Waals surface area contributed by atoms with Gasteiger partial charge in [-0.15, -0.1) is 0 Å². The van der Waals surface area contributed by atoms with Crippen LogP contribution in [0, 0.1) is 0 Å². The maximum atomic E-state index is 11.5. The number of nitrogens with zero attached hydrogens (tertiary/aromatic N) is 2. The zero-order valence-corrected chi connectivity index (χ0v) is 11.7. The molecule has 0 bridgehead atoms. The van der Waals surface area contributed by atoms with Crippen LogP contribution in [0.3, 0.4) is 0 Å². The van der Waals surface area contributed by atoms with Crippen LogP contribution in [-0.2, 0) is 9.84 Å². The molecule has 1 aromatic carbocycles. The molecule has 0 aliphatic carbocycles. The second-order valence-corrected chi connectivity index (χ2v) is 7.99. The molecule has 18 heavy (non-hydrogen) atoms. The first-order valence-electron chi connectivity index (χ1n) is 5.83. The first-order valence-corrected chi connectivity index (χ1v) is 8.60. The van der Waals surface area contributed by atoms with Gasteiger partial charge in [-0.3, -0.25) is 0 Å². The van der Waals surface area contributed by atoms with Gasteiger partial charge in [0.15, 0.2) is 15.0 Å². The van der Waals surface area contributed by atoms with Gasteiger partial charge in [0.05, 0.1) is 15.5 Å². The van der Waals surface area contributed by atoms with Crippen molar-refractivity contribution in [1.29, 1.82) is 0 Å². The number of hydrogen-bond acceptors (Lipinski definition) is 5. The van der Waals surface area contributed by atoms with E-state index in [0.29, 0.717) is 13.0 Å². The van der Waals surface area contributed by atoms with Crippen LogP contribution in [-0.4, -0.2) is 38.0 Å². The van der Waals surface area contributed by atoms with E-state index in [1.165, 1.54) is 6.26 Å². The average molecular weight is 282 g/mol. The van der Waals surface area contributed by atoms with Gasteiger partial charge in [-0.1, -0.05) is 23.5 Å². The number of anilines is 1. The van der Waals surface area contributed by atoms with Crippen molar-refractivity contribution in [2.24, 2.45) is 0 Å². The van der Waals surface area contributed by atoms with Crippen molar-refractivity contribution in [2.45, 2.75) is 11.7 Å². The first-order chi connectivity index (χ1) is 8.54. The van der Waals surface area contributed by atoms with E-state index in [9.17, 15) is 8.42 Å². The van der Waals surface area contributed by atoms with Gasteiger partial charge in [0.1, 0.15) is 0 Å². The Morgan fingerprint density at radius 1 is 1.39 bits per heavy atom. The molecule has 1 atom stereocenters. The number of sulfone groups is 1. The molecule has 0 saturated carbocycles. The molecule has 0 radical (unpaired) electrons. The third-order valence-electron chi connectivity index (χ3n) is 3.30. The Hall–Kier alpha value is -1.14. The molecule has 2 aromatic rings. The third-order valence-corrected chi connectivity index (χ3v) is 6.00. The summed E-state index contributed by atoms with van der Waals surface area (Å²) in [7, 11) is -2.94. The normalized spacial score (nSPS) is 20.7. The van der Waals surface area contributed by atoms with Crippen LogP contribution in [0.1, 0.15) is 6.42 Å². The molecule has 0 N–H and O–H groups in total. The van der Waals surface area contributed by atoms with Crippen molar-refractivity contribution in [3.05, 3.63) is 24.3 Å². The molecule has 1 aliphatic rings. The van der Waals surface area contributed by atoms with Crippen molar-refractivity contribution >= 4 is 36.5 Å². The zero-order valence-electron chi connectivity index (χ0n) is 10.0. The Labute approximate surface area is 110 Å². The van der Waals surface area contributed by atoms with Crippen molar-refractivity contribution < 1.29 is 8.42 Å². The van der Waals surface area contributed by atoms with Crippen LogP contribution >= 0.6 is 11.3 Å². The lowest BCUT2D eigenvalue weighted by Crippen LogP contribution is -2.25. The maximum Gasteiger partial charge on any atom is 0.186 e. The second kappa shape index (κ2) is 4.20. The minimum Gasteiger partial charge on any atom is -0.347 e. The molecule has 0 amide bonds. The van der Waals surface area contributed by atoms with Gasteiger partial charge in [0.2, 0.25) is 0 Å². The van der Waals surface area contributed by atoms with Crippen molar-refractivity contribution in [1.82, 2.24) is 4.98 Å². The summed E-state index contributed by atoms with van der Waals surface area (Å²) in [5.74, 6) is 0. The van der Waals surface area contributed by atoms with E-state index in [-0.39, 0.29) is 5.25 Å². The Balaban J connectivity index is 1.88. The van der Waals surface area contributed by atoms with Gasteiger partial charge < -0.3 is 4.90 Å². The summed E-state index contributed by atoms with van der Waals surface area (Å²) < 4.78 is 24.2. The van der Waals surface area contributed by atoms with Gasteiger partial charge in [0.25, 0.3) is 0 Å². The van der Waals surface area contributed by atoms with Crippen LogP contribution in [0.15, 0.2) is 24.3 Å². The van der Waals surface area contributed by atoms with Crippen LogP contribution < -0.4 is 4.90 Å². The van der Waals surface area contributed by atoms with E-state index in [1.54, 1.807) is 11.3 Å². The SMILES string of the molecule is CS(=O)(=O)C1CCN(c2nc3ccccc3s2)C1. The lowest BCUT2D eigenvalue weighted by molar-refractivity contribution is 0.589. The summed E-state index contributed by atoms with van der Waals surface area (Å²) in [6, 6.07) is 7.99. The largest absolute Gasteiger partial charge is 0.347 e. The second-order valence-electron chi connectivity index (χ2n) is 4.65. The highest BCUT2D eigenvalue weighted by molar-refractivity contribution is 7.91. The van der Waals surface area contributed by atoms with Crippen molar-refractivity contribution in [2.75, 3.05) is 24.2 Å². The highest BCUT2D eigenvalue weighted by atomic mass is 32.2. The van der Waals surface area contributed by atoms with E-state index < -0.39 is 9.84 Å². The lowest BCUT2D eigenvalue weighted by Gasteiger charge is -2.13. The molecule has 1 aromatic heterocycles. The van der Waals surface area contributed by atoms with Crippen LogP contribution in [0.4, 0.5) is 5.13 Å². The lowest BCUT2D eigenvalue weighted by atomic mass is 10.3. The molecule has 2 heterocycles. The monoisotopic (exact) mass is 282 g/mol. The number of fused-ring (bicyclic) bond motifs is 1. The summed E-state index contributed by atoms with van der Waals surface area (Å²) in [5, 5.41) is 0.687. The first kappa shape index (κ1) is 11.9. The number of aromatic nitrogens is 1. The molecule has 96 valence electrons.